The number of carbonyl (C=O) groups excluding carboxylic acids is 1. The zero-order valence-electron chi connectivity index (χ0n) is 21.8. The predicted octanol–water partition coefficient (Wildman–Crippen LogP) is 3.92. The number of nitrogens with zero attached hydrogens (tertiary/aromatic N) is 5. The summed E-state index contributed by atoms with van der Waals surface area (Å²) >= 11 is 0. The number of aliphatic hydroxyl groups is 1. The van der Waals surface area contributed by atoms with Gasteiger partial charge in [0.15, 0.2) is 0 Å². The second kappa shape index (κ2) is 8.66. The molecule has 0 unspecified atom stereocenters. The third kappa shape index (κ3) is 3.79. The molecule has 9 heteroatoms. The van der Waals surface area contributed by atoms with E-state index in [1.54, 1.807) is 14.0 Å². The molecule has 9 nitrogen and oxygen atoms in total. The Hall–Kier alpha value is -3.72. The molecule has 3 aromatic heterocycles. The molecule has 2 fully saturated rings. The van der Waals surface area contributed by atoms with Crippen molar-refractivity contribution in [2.45, 2.75) is 57.1 Å². The first-order valence-electron chi connectivity index (χ1n) is 13.5. The maximum Gasteiger partial charge on any atom is 0.225 e. The van der Waals surface area contributed by atoms with E-state index in [4.69, 9.17) is 9.72 Å². The molecule has 1 saturated carbocycles. The van der Waals surface area contributed by atoms with E-state index >= 15 is 0 Å². The van der Waals surface area contributed by atoms with Gasteiger partial charge in [-0.2, -0.15) is 10.2 Å². The number of aromatic nitrogens is 5. The van der Waals surface area contributed by atoms with Gasteiger partial charge < -0.3 is 14.7 Å². The number of H-pyrrole nitrogens is 1. The summed E-state index contributed by atoms with van der Waals surface area (Å²) in [4.78, 5) is 19.9. The summed E-state index contributed by atoms with van der Waals surface area (Å²) in [6, 6.07) is 8.55. The van der Waals surface area contributed by atoms with Gasteiger partial charge in [0, 0.05) is 42.4 Å². The molecule has 38 heavy (non-hydrogen) atoms. The molecule has 2 aliphatic carbocycles. The first-order valence-corrected chi connectivity index (χ1v) is 13.5. The van der Waals surface area contributed by atoms with Gasteiger partial charge in [0.2, 0.25) is 5.91 Å². The first-order chi connectivity index (χ1) is 18.4. The van der Waals surface area contributed by atoms with E-state index in [-0.39, 0.29) is 17.9 Å². The van der Waals surface area contributed by atoms with Gasteiger partial charge in [0.05, 0.1) is 30.5 Å². The van der Waals surface area contributed by atoms with Crippen molar-refractivity contribution in [3.05, 3.63) is 47.8 Å². The van der Waals surface area contributed by atoms with Crippen LogP contribution >= 0.6 is 0 Å². The van der Waals surface area contributed by atoms with Crippen molar-refractivity contribution in [3.8, 4) is 28.3 Å². The Labute approximate surface area is 220 Å². The Bertz CT molecular complexity index is 1550. The molecule has 1 amide bonds. The number of benzene rings is 1. The molecule has 3 aliphatic rings. The smallest absolute Gasteiger partial charge is 0.225 e. The van der Waals surface area contributed by atoms with Crippen LogP contribution < -0.4 is 4.74 Å². The summed E-state index contributed by atoms with van der Waals surface area (Å²) < 4.78 is 7.70. The number of fused-ring (bicyclic) bond motifs is 2. The van der Waals surface area contributed by atoms with Crippen molar-refractivity contribution in [2.24, 2.45) is 5.92 Å². The van der Waals surface area contributed by atoms with Crippen LogP contribution in [0.5, 0.6) is 5.75 Å². The van der Waals surface area contributed by atoms with Crippen LogP contribution in [0.4, 0.5) is 0 Å². The highest BCUT2D eigenvalue weighted by Crippen LogP contribution is 2.40. The molecule has 196 valence electrons. The number of methoxy groups -OCH3 is 1. The van der Waals surface area contributed by atoms with E-state index in [0.717, 1.165) is 65.1 Å². The highest BCUT2D eigenvalue weighted by molar-refractivity contribution is 5.93. The zero-order chi connectivity index (χ0) is 26.0. The normalized spacial score (nSPS) is 24.6. The Morgan fingerprint density at radius 1 is 1.24 bits per heavy atom. The number of amides is 1. The molecule has 7 rings (SSSR count). The largest absolute Gasteiger partial charge is 0.494 e. The number of pyridine rings is 1. The number of aromatic amines is 1. The molecule has 1 aromatic carbocycles. The molecular formula is C29H32N6O3. The molecule has 1 saturated heterocycles. The highest BCUT2D eigenvalue weighted by atomic mass is 16.5. The second-order valence-electron chi connectivity index (χ2n) is 11.3. The molecule has 1 atom stereocenters. The minimum atomic E-state index is -0.693. The van der Waals surface area contributed by atoms with Gasteiger partial charge in [0.1, 0.15) is 22.7 Å². The molecule has 0 radical (unpaired) electrons. The average Bonchev–Trinajstić information content (AvgIpc) is 3.70. The number of aryl methyl sites for hydroxylation is 1. The third-order valence-corrected chi connectivity index (χ3v) is 8.57. The van der Waals surface area contributed by atoms with Gasteiger partial charge in [-0.3, -0.25) is 14.6 Å². The van der Waals surface area contributed by atoms with Crippen molar-refractivity contribution < 1.29 is 14.6 Å². The van der Waals surface area contributed by atoms with Crippen LogP contribution in [0.2, 0.25) is 0 Å². The van der Waals surface area contributed by atoms with Crippen LogP contribution in [-0.4, -0.2) is 66.7 Å². The molecule has 0 bridgehead atoms. The van der Waals surface area contributed by atoms with Crippen LogP contribution in [0.3, 0.4) is 0 Å². The lowest BCUT2D eigenvalue weighted by Gasteiger charge is -2.41. The van der Waals surface area contributed by atoms with Gasteiger partial charge in [-0.15, -0.1) is 0 Å². The maximum absolute atomic E-state index is 12.9. The van der Waals surface area contributed by atoms with Crippen molar-refractivity contribution in [1.29, 1.82) is 0 Å². The number of hydrogen-bond acceptors (Lipinski definition) is 6. The summed E-state index contributed by atoms with van der Waals surface area (Å²) in [5, 5.41) is 22.4. The fourth-order valence-electron chi connectivity index (χ4n) is 6.57. The Morgan fingerprint density at radius 3 is 2.92 bits per heavy atom. The van der Waals surface area contributed by atoms with E-state index in [9.17, 15) is 9.90 Å². The summed E-state index contributed by atoms with van der Waals surface area (Å²) in [7, 11) is 1.68. The van der Waals surface area contributed by atoms with Gasteiger partial charge in [-0.1, -0.05) is 18.2 Å². The third-order valence-electron chi connectivity index (χ3n) is 8.57. The van der Waals surface area contributed by atoms with Crippen molar-refractivity contribution in [2.75, 3.05) is 20.2 Å². The van der Waals surface area contributed by atoms with Crippen LogP contribution in [0, 0.1) is 5.92 Å². The quantitative estimate of drug-likeness (QED) is 0.420. The standard InChI is InChI=1S/C29H32N6O3/c1-29(37)12-18(13-29)28(36)34-10-9-20(16-34)35-15-19(14-30-35)25-27-23(32-33-25)11-24(38-2)26(31-27)22-8-4-6-17-5-3-7-21(17)22/h4,6,8,11,14-15,18,20,37H,3,5,7,9-10,12-13,16H2,1-2H3,(H,32,33)/t18?,20-,29?/m0/s1. The fourth-order valence-corrected chi connectivity index (χ4v) is 6.57. The summed E-state index contributed by atoms with van der Waals surface area (Å²) in [6.07, 6.45) is 9.13. The molecule has 0 spiro atoms. The number of hydrogen-bond donors (Lipinski definition) is 2. The van der Waals surface area contributed by atoms with E-state index in [1.165, 1.54) is 17.5 Å². The van der Waals surface area contributed by atoms with Crippen LogP contribution in [0.1, 0.15) is 49.8 Å². The first kappa shape index (κ1) is 23.4. The summed E-state index contributed by atoms with van der Waals surface area (Å²) in [5.74, 6) is 0.825. The minimum Gasteiger partial charge on any atom is -0.494 e. The van der Waals surface area contributed by atoms with Gasteiger partial charge in [-0.05, 0) is 56.6 Å². The van der Waals surface area contributed by atoms with Gasteiger partial charge in [-0.25, -0.2) is 4.98 Å². The van der Waals surface area contributed by atoms with Crippen molar-refractivity contribution in [3.63, 3.8) is 0 Å². The number of ether oxygens (including phenoxy) is 1. The van der Waals surface area contributed by atoms with Crippen LogP contribution in [-0.2, 0) is 17.6 Å². The van der Waals surface area contributed by atoms with Gasteiger partial charge >= 0.3 is 0 Å². The Balaban J connectivity index is 1.17. The lowest BCUT2D eigenvalue weighted by molar-refractivity contribution is -0.148. The maximum atomic E-state index is 12.9. The minimum absolute atomic E-state index is 0.0598. The van der Waals surface area contributed by atoms with Gasteiger partial charge in [0.25, 0.3) is 0 Å². The number of nitrogens with one attached hydrogen (secondary N) is 1. The monoisotopic (exact) mass is 512 g/mol. The molecular weight excluding hydrogens is 480 g/mol. The van der Waals surface area contributed by atoms with E-state index in [2.05, 4.69) is 33.5 Å². The topological polar surface area (TPSA) is 109 Å². The average molecular weight is 513 g/mol. The van der Waals surface area contributed by atoms with Crippen molar-refractivity contribution in [1.82, 2.24) is 29.9 Å². The van der Waals surface area contributed by atoms with E-state index < -0.39 is 5.60 Å². The lowest BCUT2D eigenvalue weighted by atomic mass is 9.71. The van der Waals surface area contributed by atoms with Crippen LogP contribution in [0.25, 0.3) is 33.5 Å². The fraction of sp³-hybridized carbons (Fsp3) is 0.448. The van der Waals surface area contributed by atoms with E-state index in [0.29, 0.717) is 19.4 Å². The number of rotatable bonds is 5. The summed E-state index contributed by atoms with van der Waals surface area (Å²) in [5.41, 5.74) is 7.28. The van der Waals surface area contributed by atoms with E-state index in [1.807, 2.05) is 28.0 Å². The lowest BCUT2D eigenvalue weighted by Crippen LogP contribution is -2.49. The van der Waals surface area contributed by atoms with Crippen LogP contribution in [0.15, 0.2) is 36.7 Å². The second-order valence-corrected chi connectivity index (χ2v) is 11.3. The van der Waals surface area contributed by atoms with Crippen molar-refractivity contribution >= 4 is 16.9 Å². The molecule has 4 heterocycles. The Morgan fingerprint density at radius 2 is 2.11 bits per heavy atom. The zero-order valence-corrected chi connectivity index (χ0v) is 21.8. The number of likely N-dealkylation sites (tertiary alicyclic amines) is 1. The highest BCUT2D eigenvalue weighted by Gasteiger charge is 2.45. The molecule has 2 N–H and O–H groups in total. The SMILES string of the molecule is COc1cc2[nH]nc(-c3cnn([C@H]4CCN(C(=O)C5CC(C)(O)C5)C4)c3)c2nc1-c1cccc2c1CCC2. The molecule has 4 aromatic rings. The number of carbonyl (C=O) groups is 1. The molecule has 1 aliphatic heterocycles. The Kier molecular flexibility index (Phi) is 5.33. The summed E-state index contributed by atoms with van der Waals surface area (Å²) in [6.45, 7) is 3.15. The predicted molar refractivity (Wildman–Crippen MR) is 143 cm³/mol.